The predicted molar refractivity (Wildman–Crippen MR) is 113 cm³/mol. The van der Waals surface area contributed by atoms with Crippen LogP contribution in [0.4, 0.5) is 5.69 Å². The van der Waals surface area contributed by atoms with E-state index in [9.17, 15) is 9.59 Å². The van der Waals surface area contributed by atoms with Gasteiger partial charge in [0.25, 0.3) is 5.91 Å². The molecule has 1 aromatic heterocycles. The minimum atomic E-state index is -0.399. The molecule has 7 heteroatoms. The van der Waals surface area contributed by atoms with Crippen molar-refractivity contribution >= 4 is 17.3 Å². The number of pyridine rings is 1. The van der Waals surface area contributed by atoms with E-state index >= 15 is 0 Å². The largest absolute Gasteiger partial charge is 0.489 e. The minimum absolute atomic E-state index is 0.165. The summed E-state index contributed by atoms with van der Waals surface area (Å²) in [7, 11) is 1.52. The van der Waals surface area contributed by atoms with Crippen LogP contribution in [0.25, 0.3) is 0 Å². The van der Waals surface area contributed by atoms with E-state index in [1.807, 2.05) is 30.3 Å². The van der Waals surface area contributed by atoms with Crippen LogP contribution < -0.4 is 21.3 Å². The Hall–Kier alpha value is -3.87. The Morgan fingerprint density at radius 2 is 1.90 bits per heavy atom. The number of carbonyl (C=O) groups excluding carboxylic acids is 1. The van der Waals surface area contributed by atoms with Crippen molar-refractivity contribution < 1.29 is 9.53 Å². The molecule has 0 aliphatic carbocycles. The summed E-state index contributed by atoms with van der Waals surface area (Å²) in [6, 6.07) is 19.7. The molecule has 0 radical (unpaired) electrons. The molecule has 4 N–H and O–H groups in total. The number of nitrogen functional groups attached to an aromatic ring is 1. The van der Waals surface area contributed by atoms with Crippen LogP contribution in [0.5, 0.6) is 5.75 Å². The number of aromatic amines is 1. The van der Waals surface area contributed by atoms with Crippen LogP contribution in [-0.2, 0) is 17.9 Å². The van der Waals surface area contributed by atoms with E-state index < -0.39 is 5.91 Å². The third kappa shape index (κ3) is 5.32. The second-order valence-corrected chi connectivity index (χ2v) is 6.32. The normalized spacial score (nSPS) is 11.1. The minimum Gasteiger partial charge on any atom is -0.489 e. The Balaban J connectivity index is 1.72. The van der Waals surface area contributed by atoms with Crippen molar-refractivity contribution in [2.24, 2.45) is 4.99 Å². The van der Waals surface area contributed by atoms with Crippen molar-refractivity contribution in [2.45, 2.75) is 13.2 Å². The lowest BCUT2D eigenvalue weighted by Crippen LogP contribution is -2.32. The number of rotatable bonds is 7. The maximum atomic E-state index is 12.6. The number of ether oxygens (including phenoxy) is 1. The number of hydrogen-bond donors (Lipinski definition) is 3. The zero-order chi connectivity index (χ0) is 20.6. The molecule has 0 unspecified atom stereocenters. The molecule has 0 saturated heterocycles. The summed E-state index contributed by atoms with van der Waals surface area (Å²) in [6.45, 7) is 0.564. The van der Waals surface area contributed by atoms with Gasteiger partial charge in [-0.2, -0.15) is 0 Å². The first-order valence-electron chi connectivity index (χ1n) is 9.06. The van der Waals surface area contributed by atoms with Crippen molar-refractivity contribution in [3.8, 4) is 5.75 Å². The zero-order valence-electron chi connectivity index (χ0n) is 16.0. The van der Waals surface area contributed by atoms with Crippen molar-refractivity contribution in [1.82, 2.24) is 10.3 Å². The monoisotopic (exact) mass is 390 g/mol. The summed E-state index contributed by atoms with van der Waals surface area (Å²) >= 11 is 0. The number of nitrogens with zero attached hydrogens (tertiary/aromatic N) is 1. The number of hydrogen-bond acceptors (Lipinski definition) is 5. The zero-order valence-corrected chi connectivity index (χ0v) is 16.0. The lowest BCUT2D eigenvalue weighted by molar-refractivity contribution is -0.114. The van der Waals surface area contributed by atoms with Gasteiger partial charge in [0.2, 0.25) is 5.56 Å². The third-order valence-corrected chi connectivity index (χ3v) is 4.24. The van der Waals surface area contributed by atoms with Crippen LogP contribution in [-0.4, -0.2) is 23.7 Å². The molecule has 3 rings (SSSR count). The van der Waals surface area contributed by atoms with Gasteiger partial charge < -0.3 is 20.8 Å². The highest BCUT2D eigenvalue weighted by Gasteiger charge is 2.17. The third-order valence-electron chi connectivity index (χ3n) is 4.24. The van der Waals surface area contributed by atoms with Gasteiger partial charge in [-0.1, -0.05) is 36.4 Å². The SMILES string of the molecule is CN=C(C(=O)NCc1cccc(=O)[nH]1)c1cc(OCc2ccccc2)ccc1N. The number of aromatic nitrogens is 1. The average molecular weight is 390 g/mol. The van der Waals surface area contributed by atoms with Crippen LogP contribution in [0.2, 0.25) is 0 Å². The first-order chi connectivity index (χ1) is 14.1. The molecule has 0 aliphatic heterocycles. The van der Waals surface area contributed by atoms with Crippen LogP contribution in [0.1, 0.15) is 16.8 Å². The molecule has 2 aromatic carbocycles. The van der Waals surface area contributed by atoms with Crippen LogP contribution in [0.15, 0.2) is 76.5 Å². The fourth-order valence-electron chi connectivity index (χ4n) is 2.77. The predicted octanol–water partition coefficient (Wildman–Crippen LogP) is 2.27. The summed E-state index contributed by atoms with van der Waals surface area (Å²) in [5, 5.41) is 2.74. The van der Waals surface area contributed by atoms with E-state index in [4.69, 9.17) is 10.5 Å². The van der Waals surface area contributed by atoms with Crippen molar-refractivity contribution in [2.75, 3.05) is 12.8 Å². The number of aliphatic imine (C=N–C) groups is 1. The van der Waals surface area contributed by atoms with Gasteiger partial charge in [-0.05, 0) is 29.8 Å². The Bertz CT molecular complexity index is 1070. The molecule has 0 atom stereocenters. The highest BCUT2D eigenvalue weighted by molar-refractivity contribution is 6.46. The highest BCUT2D eigenvalue weighted by Crippen LogP contribution is 2.22. The Kier molecular flexibility index (Phi) is 6.42. The van der Waals surface area contributed by atoms with E-state index in [1.165, 1.54) is 13.1 Å². The van der Waals surface area contributed by atoms with Crippen molar-refractivity contribution in [3.63, 3.8) is 0 Å². The van der Waals surface area contributed by atoms with E-state index in [0.717, 1.165) is 5.56 Å². The van der Waals surface area contributed by atoms with Gasteiger partial charge in [-0.15, -0.1) is 0 Å². The molecule has 0 aliphatic rings. The maximum Gasteiger partial charge on any atom is 0.270 e. The maximum absolute atomic E-state index is 12.6. The van der Waals surface area contributed by atoms with Gasteiger partial charge in [-0.25, -0.2) is 0 Å². The summed E-state index contributed by atoms with van der Waals surface area (Å²) in [5.41, 5.74) is 8.56. The first kappa shape index (κ1) is 19.9. The molecule has 0 saturated carbocycles. The molecule has 0 fully saturated rings. The van der Waals surface area contributed by atoms with Crippen LogP contribution >= 0.6 is 0 Å². The molecule has 1 heterocycles. The second kappa shape index (κ2) is 9.36. The first-order valence-corrected chi connectivity index (χ1v) is 9.06. The molecule has 3 aromatic rings. The number of anilines is 1. The number of benzene rings is 2. The average Bonchev–Trinajstić information content (AvgIpc) is 2.74. The van der Waals surface area contributed by atoms with Crippen LogP contribution in [0, 0.1) is 0 Å². The van der Waals surface area contributed by atoms with E-state index in [2.05, 4.69) is 15.3 Å². The van der Waals surface area contributed by atoms with E-state index in [1.54, 1.807) is 30.3 Å². The molecule has 0 bridgehead atoms. The summed E-state index contributed by atoms with van der Waals surface area (Å²) in [5.74, 6) is 0.184. The lowest BCUT2D eigenvalue weighted by Gasteiger charge is -2.13. The number of amides is 1. The van der Waals surface area contributed by atoms with Gasteiger partial charge in [0, 0.05) is 30.1 Å². The Labute approximate surface area is 168 Å². The fourth-order valence-corrected chi connectivity index (χ4v) is 2.77. The summed E-state index contributed by atoms with van der Waals surface area (Å²) in [6.07, 6.45) is 0. The summed E-state index contributed by atoms with van der Waals surface area (Å²) in [4.78, 5) is 30.8. The number of nitrogens with two attached hydrogens (primary N) is 1. The molecule has 0 spiro atoms. The Morgan fingerprint density at radius 3 is 2.62 bits per heavy atom. The second-order valence-electron chi connectivity index (χ2n) is 6.32. The molecule has 7 nitrogen and oxygen atoms in total. The van der Waals surface area contributed by atoms with Gasteiger partial charge in [0.15, 0.2) is 0 Å². The topological polar surface area (TPSA) is 110 Å². The molecular weight excluding hydrogens is 368 g/mol. The molecule has 148 valence electrons. The number of nitrogens with one attached hydrogen (secondary N) is 2. The molecular formula is C22H22N4O3. The number of H-pyrrole nitrogens is 1. The van der Waals surface area contributed by atoms with Gasteiger partial charge in [-0.3, -0.25) is 14.6 Å². The lowest BCUT2D eigenvalue weighted by atomic mass is 10.1. The van der Waals surface area contributed by atoms with Gasteiger partial charge in [0.05, 0.1) is 6.54 Å². The summed E-state index contributed by atoms with van der Waals surface area (Å²) < 4.78 is 5.82. The van der Waals surface area contributed by atoms with Crippen molar-refractivity contribution in [1.29, 1.82) is 0 Å². The smallest absolute Gasteiger partial charge is 0.270 e. The van der Waals surface area contributed by atoms with E-state index in [0.29, 0.717) is 29.3 Å². The highest BCUT2D eigenvalue weighted by atomic mass is 16.5. The molecule has 29 heavy (non-hydrogen) atoms. The van der Waals surface area contributed by atoms with Crippen LogP contribution in [0.3, 0.4) is 0 Å². The molecule has 1 amide bonds. The Morgan fingerprint density at radius 1 is 1.10 bits per heavy atom. The number of carbonyl (C=O) groups is 1. The van der Waals surface area contributed by atoms with Gasteiger partial charge >= 0.3 is 0 Å². The fraction of sp³-hybridized carbons (Fsp3) is 0.136. The van der Waals surface area contributed by atoms with Gasteiger partial charge in [0.1, 0.15) is 18.1 Å². The van der Waals surface area contributed by atoms with E-state index in [-0.39, 0.29) is 17.8 Å². The van der Waals surface area contributed by atoms with Crippen molar-refractivity contribution in [3.05, 3.63) is 93.9 Å². The standard InChI is InChI=1S/C22H22N4O3/c1-24-21(22(28)25-13-16-8-5-9-20(27)26-16)18-12-17(10-11-19(18)23)29-14-15-6-3-2-4-7-15/h2-12H,13-14,23H2,1H3,(H,25,28)(H,26,27). The quantitative estimate of drug-likeness (QED) is 0.425.